The van der Waals surface area contributed by atoms with Crippen LogP contribution in [0.4, 0.5) is 0 Å². The fourth-order valence-corrected chi connectivity index (χ4v) is 3.69. The number of aryl methyl sites for hydroxylation is 1. The third-order valence-corrected chi connectivity index (χ3v) is 4.48. The van der Waals surface area contributed by atoms with Crippen LogP contribution in [-0.4, -0.2) is 5.91 Å². The Hall–Kier alpha value is -1.32. The molecule has 108 valence electrons. The van der Waals surface area contributed by atoms with Crippen molar-refractivity contribution < 1.29 is 4.79 Å². The van der Waals surface area contributed by atoms with E-state index in [1.165, 1.54) is 11.1 Å². The third-order valence-electron chi connectivity index (χ3n) is 3.80. The highest BCUT2D eigenvalue weighted by molar-refractivity contribution is 9.10. The Kier molecular flexibility index (Phi) is 4.32. The molecule has 1 amide bonds. The van der Waals surface area contributed by atoms with Crippen molar-refractivity contribution in [2.45, 2.75) is 25.3 Å². The molecule has 0 spiro atoms. The number of hydrogen-bond acceptors (Lipinski definition) is 1. The summed E-state index contributed by atoms with van der Waals surface area (Å²) in [5.74, 6) is -0.0834. The highest BCUT2D eigenvalue weighted by Crippen LogP contribution is 2.30. The van der Waals surface area contributed by atoms with Crippen LogP contribution in [0.15, 0.2) is 46.9 Å². The van der Waals surface area contributed by atoms with Gasteiger partial charge in [-0.15, -0.1) is 0 Å². The Labute approximate surface area is 137 Å². The largest absolute Gasteiger partial charge is 0.345 e. The van der Waals surface area contributed by atoms with Crippen LogP contribution >= 0.6 is 27.5 Å². The Morgan fingerprint density at radius 2 is 2.05 bits per heavy atom. The van der Waals surface area contributed by atoms with E-state index in [1.807, 2.05) is 6.07 Å². The highest BCUT2D eigenvalue weighted by Gasteiger charge is 2.22. The van der Waals surface area contributed by atoms with E-state index in [1.54, 1.807) is 18.2 Å². The molecule has 21 heavy (non-hydrogen) atoms. The Morgan fingerprint density at radius 3 is 2.86 bits per heavy atom. The molecule has 0 heterocycles. The van der Waals surface area contributed by atoms with Gasteiger partial charge in [-0.1, -0.05) is 51.8 Å². The summed E-state index contributed by atoms with van der Waals surface area (Å²) < 4.78 is 0.809. The van der Waals surface area contributed by atoms with Crippen molar-refractivity contribution in [3.63, 3.8) is 0 Å². The van der Waals surface area contributed by atoms with Gasteiger partial charge in [0.1, 0.15) is 0 Å². The number of nitrogens with one attached hydrogen (secondary N) is 1. The number of fused-ring (bicyclic) bond motifs is 1. The molecule has 1 atom stereocenters. The standard InChI is InChI=1S/C17H15BrClNO/c18-13-8-12(9-14(19)10-13)17(21)20-16-7-3-5-11-4-1-2-6-15(11)16/h1-2,4,6,8-10,16H,3,5,7H2,(H,20,21). The van der Waals surface area contributed by atoms with Crippen LogP contribution < -0.4 is 5.32 Å². The molecule has 0 bridgehead atoms. The molecule has 1 unspecified atom stereocenters. The molecule has 1 aliphatic rings. The van der Waals surface area contributed by atoms with Crippen molar-refractivity contribution >= 4 is 33.4 Å². The molecular formula is C17H15BrClNO. The smallest absolute Gasteiger partial charge is 0.251 e. The Balaban J connectivity index is 1.82. The summed E-state index contributed by atoms with van der Waals surface area (Å²) in [4.78, 5) is 12.4. The second kappa shape index (κ2) is 6.20. The molecule has 0 aromatic heterocycles. The molecule has 0 saturated heterocycles. The molecule has 2 aromatic rings. The van der Waals surface area contributed by atoms with Gasteiger partial charge in [0.25, 0.3) is 5.91 Å². The van der Waals surface area contributed by atoms with E-state index >= 15 is 0 Å². The highest BCUT2D eigenvalue weighted by atomic mass is 79.9. The van der Waals surface area contributed by atoms with Crippen LogP contribution in [0, 0.1) is 0 Å². The minimum absolute atomic E-state index is 0.0834. The topological polar surface area (TPSA) is 29.1 Å². The van der Waals surface area contributed by atoms with Crippen LogP contribution in [0.25, 0.3) is 0 Å². The van der Waals surface area contributed by atoms with E-state index in [4.69, 9.17) is 11.6 Å². The van der Waals surface area contributed by atoms with Gasteiger partial charge < -0.3 is 5.32 Å². The van der Waals surface area contributed by atoms with Crippen molar-refractivity contribution in [3.05, 3.63) is 68.7 Å². The number of amides is 1. The molecule has 1 N–H and O–H groups in total. The Morgan fingerprint density at radius 1 is 1.24 bits per heavy atom. The van der Waals surface area contributed by atoms with Gasteiger partial charge in [0.2, 0.25) is 0 Å². The number of carbonyl (C=O) groups excluding carboxylic acids is 1. The number of halogens is 2. The first kappa shape index (κ1) is 14.6. The fraction of sp³-hybridized carbons (Fsp3) is 0.235. The maximum Gasteiger partial charge on any atom is 0.251 e. The summed E-state index contributed by atoms with van der Waals surface area (Å²) in [6.45, 7) is 0. The van der Waals surface area contributed by atoms with Gasteiger partial charge >= 0.3 is 0 Å². The number of hydrogen-bond donors (Lipinski definition) is 1. The molecule has 0 radical (unpaired) electrons. The van der Waals surface area contributed by atoms with E-state index in [-0.39, 0.29) is 11.9 Å². The lowest BCUT2D eigenvalue weighted by molar-refractivity contribution is 0.0932. The van der Waals surface area contributed by atoms with E-state index in [0.717, 1.165) is 23.7 Å². The van der Waals surface area contributed by atoms with Crippen LogP contribution in [0.2, 0.25) is 5.02 Å². The van der Waals surface area contributed by atoms with Gasteiger partial charge in [-0.25, -0.2) is 0 Å². The summed E-state index contributed by atoms with van der Waals surface area (Å²) in [5, 5.41) is 3.68. The quantitative estimate of drug-likeness (QED) is 0.806. The zero-order valence-corrected chi connectivity index (χ0v) is 13.7. The normalized spacial score (nSPS) is 17.1. The first-order valence-corrected chi connectivity index (χ1v) is 8.15. The maximum atomic E-state index is 12.4. The zero-order valence-electron chi connectivity index (χ0n) is 11.4. The number of rotatable bonds is 2. The maximum absolute atomic E-state index is 12.4. The van der Waals surface area contributed by atoms with Crippen molar-refractivity contribution in [1.29, 1.82) is 0 Å². The van der Waals surface area contributed by atoms with Crippen molar-refractivity contribution in [3.8, 4) is 0 Å². The van der Waals surface area contributed by atoms with E-state index < -0.39 is 0 Å². The molecule has 1 aliphatic carbocycles. The van der Waals surface area contributed by atoms with Gasteiger partial charge in [0, 0.05) is 15.1 Å². The second-order valence-corrected chi connectivity index (χ2v) is 6.63. The Bertz CT molecular complexity index is 666. The van der Waals surface area contributed by atoms with Gasteiger partial charge in [0.15, 0.2) is 0 Å². The first-order valence-electron chi connectivity index (χ1n) is 6.98. The lowest BCUT2D eigenvalue weighted by Crippen LogP contribution is -2.31. The van der Waals surface area contributed by atoms with E-state index in [0.29, 0.717) is 10.6 Å². The minimum atomic E-state index is -0.0834. The van der Waals surface area contributed by atoms with Crippen LogP contribution in [0.3, 0.4) is 0 Å². The number of benzene rings is 2. The van der Waals surface area contributed by atoms with Crippen molar-refractivity contribution in [2.75, 3.05) is 0 Å². The van der Waals surface area contributed by atoms with Crippen molar-refractivity contribution in [2.24, 2.45) is 0 Å². The monoisotopic (exact) mass is 363 g/mol. The van der Waals surface area contributed by atoms with Crippen LogP contribution in [0.1, 0.15) is 40.4 Å². The molecular weight excluding hydrogens is 350 g/mol. The molecule has 2 aromatic carbocycles. The summed E-state index contributed by atoms with van der Waals surface area (Å²) in [6.07, 6.45) is 3.16. The van der Waals surface area contributed by atoms with Gasteiger partial charge in [-0.3, -0.25) is 4.79 Å². The second-order valence-electron chi connectivity index (χ2n) is 5.28. The molecule has 2 nitrogen and oxygen atoms in total. The minimum Gasteiger partial charge on any atom is -0.345 e. The molecule has 3 rings (SSSR count). The van der Waals surface area contributed by atoms with E-state index in [9.17, 15) is 4.79 Å². The average molecular weight is 365 g/mol. The molecule has 0 aliphatic heterocycles. The summed E-state index contributed by atoms with van der Waals surface area (Å²) >= 11 is 9.38. The van der Waals surface area contributed by atoms with Gasteiger partial charge in [-0.05, 0) is 48.6 Å². The van der Waals surface area contributed by atoms with Gasteiger partial charge in [-0.2, -0.15) is 0 Å². The van der Waals surface area contributed by atoms with Crippen LogP contribution in [0.5, 0.6) is 0 Å². The summed E-state index contributed by atoms with van der Waals surface area (Å²) in [5.41, 5.74) is 3.15. The SMILES string of the molecule is O=C(NC1CCCc2ccccc21)c1cc(Cl)cc(Br)c1. The third kappa shape index (κ3) is 3.30. The predicted molar refractivity (Wildman–Crippen MR) is 88.7 cm³/mol. The van der Waals surface area contributed by atoms with Crippen molar-refractivity contribution in [1.82, 2.24) is 5.32 Å². The number of carbonyl (C=O) groups is 1. The first-order chi connectivity index (χ1) is 10.1. The summed E-state index contributed by atoms with van der Waals surface area (Å²) in [6, 6.07) is 13.7. The van der Waals surface area contributed by atoms with Gasteiger partial charge in [0.05, 0.1) is 6.04 Å². The molecule has 0 saturated carbocycles. The fourth-order valence-electron chi connectivity index (χ4n) is 2.83. The lowest BCUT2D eigenvalue weighted by atomic mass is 9.87. The van der Waals surface area contributed by atoms with E-state index in [2.05, 4.69) is 39.4 Å². The van der Waals surface area contributed by atoms with Crippen LogP contribution in [-0.2, 0) is 6.42 Å². The molecule has 4 heteroatoms. The predicted octanol–water partition coefficient (Wildman–Crippen LogP) is 4.91. The zero-order chi connectivity index (χ0) is 14.8. The molecule has 0 fully saturated rings. The average Bonchev–Trinajstić information content (AvgIpc) is 2.46. The lowest BCUT2D eigenvalue weighted by Gasteiger charge is -2.26. The summed E-state index contributed by atoms with van der Waals surface area (Å²) in [7, 11) is 0.